The van der Waals surface area contributed by atoms with E-state index in [0.29, 0.717) is 11.3 Å². The molecule has 0 aliphatic carbocycles. The number of nitrogens with zero attached hydrogens (tertiary/aromatic N) is 1. The van der Waals surface area contributed by atoms with Gasteiger partial charge in [-0.3, -0.25) is 19.3 Å². The van der Waals surface area contributed by atoms with Crippen LogP contribution in [0, 0.1) is 0 Å². The Morgan fingerprint density at radius 2 is 2.13 bits per heavy atom. The number of thioether (sulfide) groups is 1. The van der Waals surface area contributed by atoms with E-state index in [-0.39, 0.29) is 35.1 Å². The first-order chi connectivity index (χ1) is 13.7. The van der Waals surface area contributed by atoms with Crippen LogP contribution >= 0.6 is 23.1 Å². The fraction of sp³-hybridized carbons (Fsp3) is 0.312. The standard InChI is InChI=1S/C16H16N4O7S2.Na/c1-7(22)19-11-8(5-27-15(17)26)10(12(23)24)20-13(25)16(18-6-21,14(20)29-11)9-3-2-4-28-9;/h2-4,6,11,14H,5H2,1H3,(H2,17,26)(H,18,21)(H,19,22)(H,23,24);/q;+1/p-1/t11?,14-,16+;/m1./s1. The summed E-state index contributed by atoms with van der Waals surface area (Å²) in [6.45, 7) is 0.653. The Bertz CT molecular complexity index is 923. The fourth-order valence-electron chi connectivity index (χ4n) is 3.26. The maximum absolute atomic E-state index is 13.1. The number of carboxylic acids is 1. The number of hydrogen-bond acceptors (Lipinski definition) is 9. The van der Waals surface area contributed by atoms with E-state index in [1.54, 1.807) is 17.5 Å². The average Bonchev–Trinajstić information content (AvgIpc) is 3.17. The van der Waals surface area contributed by atoms with Crippen molar-refractivity contribution in [2.24, 2.45) is 5.73 Å². The largest absolute Gasteiger partial charge is 1.00 e. The molecule has 3 rings (SSSR count). The SMILES string of the molecule is CC(=O)NC1S[C@H]2N(C(=O)[C@@]2(NC=O)c2cccs2)C(C(=O)[O-])=C1COC(N)=O.[Na+]. The molecule has 0 spiro atoms. The number of aliphatic carboxylic acids is 1. The predicted octanol–water partition coefficient (Wildman–Crippen LogP) is -4.83. The Kier molecular flexibility index (Phi) is 7.58. The van der Waals surface area contributed by atoms with E-state index in [1.165, 1.54) is 18.3 Å². The van der Waals surface area contributed by atoms with Gasteiger partial charge in [0.1, 0.15) is 17.4 Å². The third-order valence-electron chi connectivity index (χ3n) is 4.38. The van der Waals surface area contributed by atoms with Crippen molar-refractivity contribution in [1.82, 2.24) is 15.5 Å². The Labute approximate surface area is 200 Å². The van der Waals surface area contributed by atoms with Crippen molar-refractivity contribution in [3.63, 3.8) is 0 Å². The van der Waals surface area contributed by atoms with Crippen LogP contribution < -0.4 is 51.0 Å². The summed E-state index contributed by atoms with van der Waals surface area (Å²) >= 11 is 2.23. The summed E-state index contributed by atoms with van der Waals surface area (Å²) in [4.78, 5) is 60.4. The number of carbonyl (C=O) groups excluding carboxylic acids is 5. The summed E-state index contributed by atoms with van der Waals surface area (Å²) in [6, 6.07) is 3.32. The van der Waals surface area contributed by atoms with Gasteiger partial charge < -0.3 is 31.0 Å². The number of ether oxygens (including phenoxy) is 1. The minimum Gasteiger partial charge on any atom is -0.543 e. The van der Waals surface area contributed by atoms with Crippen LogP contribution in [0.15, 0.2) is 28.8 Å². The molecular formula is C16H15N4NaO7S2. The molecule has 2 aliphatic heterocycles. The molecule has 30 heavy (non-hydrogen) atoms. The van der Waals surface area contributed by atoms with Crippen molar-refractivity contribution in [3.05, 3.63) is 33.7 Å². The number of carbonyl (C=O) groups is 5. The molecule has 1 saturated heterocycles. The van der Waals surface area contributed by atoms with Gasteiger partial charge in [-0.05, 0) is 11.4 Å². The van der Waals surface area contributed by atoms with Gasteiger partial charge in [0.25, 0.3) is 5.91 Å². The average molecular weight is 462 g/mol. The van der Waals surface area contributed by atoms with Gasteiger partial charge >= 0.3 is 35.7 Å². The maximum Gasteiger partial charge on any atom is 1.00 e. The third-order valence-corrected chi connectivity index (χ3v) is 6.88. The number of hydrogen-bond donors (Lipinski definition) is 3. The summed E-state index contributed by atoms with van der Waals surface area (Å²) in [6.07, 6.45) is -0.800. The molecule has 2 aliphatic rings. The summed E-state index contributed by atoms with van der Waals surface area (Å²) in [5.74, 6) is -2.88. The van der Waals surface area contributed by atoms with Crippen LogP contribution in [0.1, 0.15) is 11.8 Å². The minimum atomic E-state index is -1.70. The number of amides is 4. The van der Waals surface area contributed by atoms with Gasteiger partial charge in [0.2, 0.25) is 12.3 Å². The number of β-lactam (4-membered cyclic amide) rings is 1. The molecule has 3 atom stereocenters. The van der Waals surface area contributed by atoms with Crippen molar-refractivity contribution in [3.8, 4) is 0 Å². The molecular weight excluding hydrogens is 447 g/mol. The zero-order valence-electron chi connectivity index (χ0n) is 15.9. The zero-order valence-corrected chi connectivity index (χ0v) is 19.5. The topological polar surface area (TPSA) is 171 Å². The van der Waals surface area contributed by atoms with E-state index < -0.39 is 52.5 Å². The second-order valence-corrected chi connectivity index (χ2v) is 8.20. The first-order valence-corrected chi connectivity index (χ1v) is 9.94. The quantitative estimate of drug-likeness (QED) is 0.206. The first kappa shape index (κ1) is 24.2. The Morgan fingerprint density at radius 1 is 1.43 bits per heavy atom. The first-order valence-electron chi connectivity index (χ1n) is 8.12. The van der Waals surface area contributed by atoms with Gasteiger partial charge in [0.15, 0.2) is 5.54 Å². The van der Waals surface area contributed by atoms with E-state index in [9.17, 15) is 29.1 Å². The molecule has 4 amide bonds. The van der Waals surface area contributed by atoms with E-state index >= 15 is 0 Å². The van der Waals surface area contributed by atoms with Crippen molar-refractivity contribution in [1.29, 1.82) is 0 Å². The Balaban J connectivity index is 0.00000320. The number of nitrogens with two attached hydrogens (primary N) is 1. The van der Waals surface area contributed by atoms with Crippen LogP contribution in [0.25, 0.3) is 0 Å². The van der Waals surface area contributed by atoms with Crippen molar-refractivity contribution in [2.75, 3.05) is 6.61 Å². The van der Waals surface area contributed by atoms with Crippen molar-refractivity contribution < 1.29 is 63.4 Å². The molecule has 154 valence electrons. The Morgan fingerprint density at radius 3 is 2.63 bits per heavy atom. The van der Waals surface area contributed by atoms with Gasteiger partial charge in [-0.2, -0.15) is 0 Å². The van der Waals surface area contributed by atoms with Gasteiger partial charge in [-0.15, -0.1) is 23.1 Å². The van der Waals surface area contributed by atoms with Crippen LogP contribution in [0.5, 0.6) is 0 Å². The number of rotatable bonds is 7. The minimum absolute atomic E-state index is 0. The van der Waals surface area contributed by atoms with E-state index in [1.807, 2.05) is 0 Å². The maximum atomic E-state index is 13.1. The molecule has 3 heterocycles. The van der Waals surface area contributed by atoms with Gasteiger partial charge in [0.05, 0.1) is 11.7 Å². The molecule has 4 N–H and O–H groups in total. The molecule has 0 radical (unpaired) electrons. The molecule has 1 aromatic rings. The molecule has 11 nitrogen and oxygen atoms in total. The molecule has 0 saturated carbocycles. The summed E-state index contributed by atoms with van der Waals surface area (Å²) in [5, 5.41) is 16.8. The smallest absolute Gasteiger partial charge is 0.543 e. The van der Waals surface area contributed by atoms with E-state index in [4.69, 9.17) is 10.5 Å². The molecule has 0 aromatic carbocycles. The zero-order chi connectivity index (χ0) is 21.3. The van der Waals surface area contributed by atoms with Crippen LogP contribution in [-0.2, 0) is 29.5 Å². The fourth-order valence-corrected chi connectivity index (χ4v) is 5.89. The van der Waals surface area contributed by atoms with Crippen LogP contribution in [-0.4, -0.2) is 52.5 Å². The van der Waals surface area contributed by atoms with E-state index in [2.05, 4.69) is 10.6 Å². The number of fused-ring (bicyclic) bond motifs is 1. The van der Waals surface area contributed by atoms with E-state index in [0.717, 1.165) is 16.7 Å². The van der Waals surface area contributed by atoms with Crippen molar-refractivity contribution >= 4 is 53.4 Å². The monoisotopic (exact) mass is 462 g/mol. The summed E-state index contributed by atoms with van der Waals surface area (Å²) in [7, 11) is 0. The van der Waals surface area contributed by atoms with Crippen LogP contribution in [0.3, 0.4) is 0 Å². The van der Waals surface area contributed by atoms with Gasteiger partial charge in [-0.25, -0.2) is 4.79 Å². The number of thiophene rings is 1. The van der Waals surface area contributed by atoms with Crippen LogP contribution in [0.2, 0.25) is 0 Å². The third kappa shape index (κ3) is 3.95. The molecule has 1 fully saturated rings. The molecule has 1 aromatic heterocycles. The predicted molar refractivity (Wildman–Crippen MR) is 98.6 cm³/mol. The summed E-state index contributed by atoms with van der Waals surface area (Å²) < 4.78 is 4.71. The second kappa shape index (κ2) is 9.39. The van der Waals surface area contributed by atoms with Gasteiger partial charge in [-0.1, -0.05) is 6.07 Å². The number of carboxylic acid groups (broad SMARTS) is 1. The summed E-state index contributed by atoms with van der Waals surface area (Å²) in [5.41, 5.74) is 2.84. The normalized spacial score (nSPS) is 24.7. The molecule has 0 bridgehead atoms. The Hall–Kier alpha value is -2.06. The van der Waals surface area contributed by atoms with Crippen LogP contribution in [0.4, 0.5) is 4.79 Å². The second-order valence-electron chi connectivity index (χ2n) is 6.06. The molecule has 1 unspecified atom stereocenters. The number of nitrogens with one attached hydrogen (secondary N) is 2. The van der Waals surface area contributed by atoms with Gasteiger partial charge in [0, 0.05) is 17.4 Å². The molecule has 14 heteroatoms. The number of primary amides is 1. The van der Waals surface area contributed by atoms with Crippen molar-refractivity contribution in [2.45, 2.75) is 23.2 Å².